The van der Waals surface area contributed by atoms with Crippen molar-refractivity contribution in [1.29, 1.82) is 0 Å². The third-order valence-electron chi connectivity index (χ3n) is 2.89. The van der Waals surface area contributed by atoms with Crippen molar-refractivity contribution in [2.45, 2.75) is 39.8 Å². The Morgan fingerprint density at radius 2 is 2.05 bits per heavy atom. The molecule has 0 spiro atoms. The first-order valence-electron chi connectivity index (χ1n) is 6.41. The van der Waals surface area contributed by atoms with Crippen LogP contribution in [0, 0.1) is 6.92 Å². The van der Waals surface area contributed by atoms with Crippen LogP contribution in [-0.2, 0) is 22.8 Å². The van der Waals surface area contributed by atoms with E-state index in [4.69, 9.17) is 11.6 Å². The van der Waals surface area contributed by atoms with Crippen molar-refractivity contribution in [2.75, 3.05) is 18.6 Å². The molecule has 0 radical (unpaired) electrons. The largest absolute Gasteiger partial charge is 0.313 e. The highest BCUT2D eigenvalue weighted by Gasteiger charge is 2.20. The number of aromatic nitrogens is 2. The van der Waals surface area contributed by atoms with Crippen molar-refractivity contribution in [2.24, 2.45) is 0 Å². The summed E-state index contributed by atoms with van der Waals surface area (Å²) in [6.45, 7) is 7.25. The van der Waals surface area contributed by atoms with Crippen LogP contribution >= 0.6 is 11.6 Å². The topological polar surface area (TPSA) is 64.0 Å². The molecule has 110 valence electrons. The first kappa shape index (κ1) is 16.5. The van der Waals surface area contributed by atoms with Crippen molar-refractivity contribution in [3.63, 3.8) is 0 Å². The van der Waals surface area contributed by atoms with E-state index in [-0.39, 0.29) is 11.8 Å². The minimum atomic E-state index is -3.03. The maximum atomic E-state index is 11.5. The van der Waals surface area contributed by atoms with E-state index in [9.17, 15) is 8.42 Å². The Hall–Kier alpha value is -0.590. The zero-order valence-electron chi connectivity index (χ0n) is 11.9. The molecule has 1 aromatic heterocycles. The fourth-order valence-corrected chi connectivity index (χ4v) is 3.32. The van der Waals surface area contributed by atoms with Crippen molar-refractivity contribution < 1.29 is 8.42 Å². The highest BCUT2D eigenvalue weighted by molar-refractivity contribution is 7.90. The number of nitrogens with zero attached hydrogens (tertiary/aromatic N) is 2. The molecule has 1 aromatic rings. The first-order valence-corrected chi connectivity index (χ1v) is 8.85. The summed E-state index contributed by atoms with van der Waals surface area (Å²) >= 11 is 6.25. The van der Waals surface area contributed by atoms with E-state index in [2.05, 4.69) is 10.4 Å². The third-order valence-corrected chi connectivity index (χ3v) is 4.39. The molecule has 1 rings (SSSR count). The Bertz CT molecular complexity index is 525. The van der Waals surface area contributed by atoms with Crippen LogP contribution < -0.4 is 5.32 Å². The van der Waals surface area contributed by atoms with Gasteiger partial charge >= 0.3 is 0 Å². The van der Waals surface area contributed by atoms with E-state index in [1.165, 1.54) is 6.26 Å². The fourth-order valence-electron chi connectivity index (χ4n) is 2.14. The molecule has 0 bridgehead atoms. The molecule has 0 aromatic carbocycles. The van der Waals surface area contributed by atoms with E-state index in [0.29, 0.717) is 11.4 Å². The lowest BCUT2D eigenvalue weighted by Crippen LogP contribution is -2.37. The van der Waals surface area contributed by atoms with E-state index in [1.54, 1.807) is 0 Å². The van der Waals surface area contributed by atoms with Crippen molar-refractivity contribution >= 4 is 21.4 Å². The summed E-state index contributed by atoms with van der Waals surface area (Å²) in [5.41, 5.74) is 1.68. The molecule has 19 heavy (non-hydrogen) atoms. The smallest absolute Gasteiger partial charge is 0.148 e. The standard InChI is InChI=1S/C12H22ClN3O2S/c1-5-14-10(8-19(4,17)18)7-11-12(13)9(3)15-16(11)6-2/h10,14H,5-8H2,1-4H3. The molecule has 1 heterocycles. The number of nitrogens with one attached hydrogen (secondary N) is 1. The Kier molecular flexibility index (Phi) is 5.82. The Balaban J connectivity index is 2.96. The second-order valence-electron chi connectivity index (χ2n) is 4.71. The van der Waals surface area contributed by atoms with Gasteiger partial charge in [0.15, 0.2) is 0 Å². The maximum Gasteiger partial charge on any atom is 0.148 e. The Labute approximate surface area is 120 Å². The van der Waals surface area contributed by atoms with Gasteiger partial charge in [0.2, 0.25) is 0 Å². The van der Waals surface area contributed by atoms with Gasteiger partial charge in [0.05, 0.1) is 22.2 Å². The minimum Gasteiger partial charge on any atom is -0.313 e. The Morgan fingerprint density at radius 1 is 1.42 bits per heavy atom. The number of aryl methyl sites for hydroxylation is 2. The monoisotopic (exact) mass is 307 g/mol. The lowest BCUT2D eigenvalue weighted by atomic mass is 10.1. The second kappa shape index (κ2) is 6.72. The van der Waals surface area contributed by atoms with Crippen LogP contribution in [-0.4, -0.2) is 42.8 Å². The SMILES string of the molecule is CCNC(Cc1c(Cl)c(C)nn1CC)CS(C)(=O)=O. The number of rotatable bonds is 7. The van der Waals surface area contributed by atoms with Crippen LogP contribution in [0.25, 0.3) is 0 Å². The van der Waals surface area contributed by atoms with Gasteiger partial charge < -0.3 is 5.32 Å². The molecule has 5 nitrogen and oxygen atoms in total. The molecule has 0 aliphatic heterocycles. The molecule has 0 aliphatic rings. The van der Waals surface area contributed by atoms with Gasteiger partial charge in [0.25, 0.3) is 0 Å². The van der Waals surface area contributed by atoms with Crippen LogP contribution in [0.5, 0.6) is 0 Å². The van der Waals surface area contributed by atoms with Gasteiger partial charge in [0.1, 0.15) is 9.84 Å². The number of hydrogen-bond acceptors (Lipinski definition) is 4. The average molecular weight is 308 g/mol. The molecule has 0 saturated heterocycles. The zero-order valence-corrected chi connectivity index (χ0v) is 13.5. The van der Waals surface area contributed by atoms with Gasteiger partial charge in [-0.3, -0.25) is 4.68 Å². The Morgan fingerprint density at radius 3 is 2.53 bits per heavy atom. The zero-order chi connectivity index (χ0) is 14.6. The lowest BCUT2D eigenvalue weighted by Gasteiger charge is -2.17. The van der Waals surface area contributed by atoms with E-state index in [0.717, 1.165) is 24.5 Å². The predicted octanol–water partition coefficient (Wildman–Crippen LogP) is 1.43. The molecule has 1 atom stereocenters. The van der Waals surface area contributed by atoms with E-state index in [1.807, 2.05) is 25.5 Å². The summed E-state index contributed by atoms with van der Waals surface area (Å²) in [4.78, 5) is 0. The number of sulfone groups is 1. The van der Waals surface area contributed by atoms with Crippen molar-refractivity contribution in [3.8, 4) is 0 Å². The molecule has 0 aliphatic carbocycles. The van der Waals surface area contributed by atoms with Crippen LogP contribution in [0.4, 0.5) is 0 Å². The quantitative estimate of drug-likeness (QED) is 0.828. The number of likely N-dealkylation sites (N-methyl/N-ethyl adjacent to an activating group) is 1. The summed E-state index contributed by atoms with van der Waals surface area (Å²) in [6.07, 6.45) is 1.82. The summed E-state index contributed by atoms with van der Waals surface area (Å²) in [7, 11) is -3.03. The van der Waals surface area contributed by atoms with Crippen LogP contribution in [0.1, 0.15) is 25.2 Å². The van der Waals surface area contributed by atoms with Gasteiger partial charge in [-0.1, -0.05) is 18.5 Å². The van der Waals surface area contributed by atoms with Crippen LogP contribution in [0.15, 0.2) is 0 Å². The molecule has 7 heteroatoms. The van der Waals surface area contributed by atoms with Gasteiger partial charge in [-0.15, -0.1) is 0 Å². The molecule has 0 fully saturated rings. The first-order chi connectivity index (χ1) is 8.78. The normalized spacial score (nSPS) is 13.7. The number of hydrogen-bond donors (Lipinski definition) is 1. The molecular formula is C12H22ClN3O2S. The predicted molar refractivity (Wildman–Crippen MR) is 78.5 cm³/mol. The lowest BCUT2D eigenvalue weighted by molar-refractivity contribution is 0.519. The highest BCUT2D eigenvalue weighted by atomic mass is 35.5. The van der Waals surface area contributed by atoms with Gasteiger partial charge in [0, 0.05) is 25.3 Å². The van der Waals surface area contributed by atoms with Crippen LogP contribution in [0.3, 0.4) is 0 Å². The van der Waals surface area contributed by atoms with Crippen molar-refractivity contribution in [3.05, 3.63) is 16.4 Å². The molecule has 0 amide bonds. The van der Waals surface area contributed by atoms with E-state index >= 15 is 0 Å². The van der Waals surface area contributed by atoms with E-state index < -0.39 is 9.84 Å². The maximum absolute atomic E-state index is 11.5. The summed E-state index contributed by atoms with van der Waals surface area (Å²) in [5.74, 6) is 0.102. The summed E-state index contributed by atoms with van der Waals surface area (Å²) in [5, 5.41) is 8.18. The summed E-state index contributed by atoms with van der Waals surface area (Å²) in [6, 6.07) is -0.140. The number of halogens is 1. The van der Waals surface area contributed by atoms with Gasteiger partial charge in [-0.25, -0.2) is 8.42 Å². The third kappa shape index (κ3) is 4.78. The molecule has 0 saturated carbocycles. The highest BCUT2D eigenvalue weighted by Crippen LogP contribution is 2.21. The van der Waals surface area contributed by atoms with Gasteiger partial charge in [-0.05, 0) is 20.4 Å². The summed E-state index contributed by atoms with van der Waals surface area (Å²) < 4.78 is 24.7. The fraction of sp³-hybridized carbons (Fsp3) is 0.750. The second-order valence-corrected chi connectivity index (χ2v) is 7.28. The average Bonchev–Trinajstić information content (AvgIpc) is 2.55. The molecular weight excluding hydrogens is 286 g/mol. The minimum absolute atomic E-state index is 0.102. The molecule has 1 unspecified atom stereocenters. The molecule has 1 N–H and O–H groups in total. The van der Waals surface area contributed by atoms with Crippen LogP contribution in [0.2, 0.25) is 5.02 Å². The van der Waals surface area contributed by atoms with Gasteiger partial charge in [-0.2, -0.15) is 5.10 Å². The van der Waals surface area contributed by atoms with Crippen molar-refractivity contribution in [1.82, 2.24) is 15.1 Å².